The van der Waals surface area contributed by atoms with Crippen molar-refractivity contribution in [2.24, 2.45) is 5.73 Å². The molecule has 0 aliphatic carbocycles. The molecule has 3 nitrogen and oxygen atoms in total. The number of nitrogens with zero attached hydrogens (tertiary/aromatic N) is 2. The molecule has 0 saturated carbocycles. The van der Waals surface area contributed by atoms with Crippen molar-refractivity contribution in [2.45, 2.75) is 6.54 Å². The van der Waals surface area contributed by atoms with Gasteiger partial charge >= 0.3 is 0 Å². The maximum absolute atomic E-state index is 5.45. The molecule has 0 amide bonds. The minimum absolute atomic E-state index is 0. The van der Waals surface area contributed by atoms with Crippen LogP contribution in [0.15, 0.2) is 42.6 Å². The Bertz CT molecular complexity index is 397. The Labute approximate surface area is 95.3 Å². The molecular weight excluding hydrogens is 210 g/mol. The molecule has 0 atom stereocenters. The highest BCUT2D eigenvalue weighted by atomic mass is 35.5. The van der Waals surface area contributed by atoms with Gasteiger partial charge < -0.3 is 5.73 Å². The Balaban J connectivity index is 0.00000112. The van der Waals surface area contributed by atoms with Crippen molar-refractivity contribution in [3.63, 3.8) is 0 Å². The first-order chi connectivity index (χ1) is 6.90. The standard InChI is InChI=1S/C11H13N3.ClH/c12-7-9-14-8-6-11(13-14)10-4-2-1-3-5-10;/h1-6,8H,7,9,12H2;1H. The van der Waals surface area contributed by atoms with E-state index in [-0.39, 0.29) is 12.4 Å². The van der Waals surface area contributed by atoms with Crippen molar-refractivity contribution in [3.8, 4) is 11.3 Å². The van der Waals surface area contributed by atoms with Gasteiger partial charge in [0.05, 0.1) is 12.2 Å². The highest BCUT2D eigenvalue weighted by Gasteiger charge is 1.99. The first-order valence-corrected chi connectivity index (χ1v) is 4.69. The minimum atomic E-state index is 0. The lowest BCUT2D eigenvalue weighted by Gasteiger charge is -1.97. The van der Waals surface area contributed by atoms with Gasteiger partial charge in [-0.1, -0.05) is 30.3 Å². The Hall–Kier alpha value is -1.32. The lowest BCUT2D eigenvalue weighted by atomic mass is 10.2. The summed E-state index contributed by atoms with van der Waals surface area (Å²) in [4.78, 5) is 0. The van der Waals surface area contributed by atoms with Gasteiger partial charge in [0.15, 0.2) is 0 Å². The normalized spacial score (nSPS) is 9.67. The van der Waals surface area contributed by atoms with E-state index >= 15 is 0 Å². The van der Waals surface area contributed by atoms with Crippen LogP contribution in [0.3, 0.4) is 0 Å². The molecule has 1 aromatic carbocycles. The lowest BCUT2D eigenvalue weighted by molar-refractivity contribution is 0.627. The van der Waals surface area contributed by atoms with Crippen LogP contribution >= 0.6 is 12.4 Å². The zero-order valence-electron chi connectivity index (χ0n) is 8.34. The molecule has 0 spiro atoms. The molecular formula is C11H14ClN3. The van der Waals surface area contributed by atoms with Crippen LogP contribution in [0, 0.1) is 0 Å². The fourth-order valence-electron chi connectivity index (χ4n) is 1.38. The van der Waals surface area contributed by atoms with E-state index in [0.29, 0.717) is 6.54 Å². The molecule has 80 valence electrons. The first kappa shape index (κ1) is 11.8. The van der Waals surface area contributed by atoms with Crippen LogP contribution in [0.4, 0.5) is 0 Å². The minimum Gasteiger partial charge on any atom is -0.329 e. The number of hydrogen-bond acceptors (Lipinski definition) is 2. The molecule has 0 aliphatic heterocycles. The van der Waals surface area contributed by atoms with Crippen LogP contribution in [0.1, 0.15) is 0 Å². The summed E-state index contributed by atoms with van der Waals surface area (Å²) in [6, 6.07) is 12.1. The van der Waals surface area contributed by atoms with Gasteiger partial charge in [0.2, 0.25) is 0 Å². The van der Waals surface area contributed by atoms with Crippen LogP contribution < -0.4 is 5.73 Å². The second kappa shape index (κ2) is 5.53. The highest BCUT2D eigenvalue weighted by Crippen LogP contribution is 2.15. The van der Waals surface area contributed by atoms with Crippen LogP contribution in [0.5, 0.6) is 0 Å². The van der Waals surface area contributed by atoms with Crippen molar-refractivity contribution >= 4 is 12.4 Å². The number of benzene rings is 1. The number of hydrogen-bond donors (Lipinski definition) is 1. The van der Waals surface area contributed by atoms with E-state index in [0.717, 1.165) is 17.8 Å². The Morgan fingerprint density at radius 2 is 1.87 bits per heavy atom. The molecule has 1 heterocycles. The zero-order valence-corrected chi connectivity index (χ0v) is 9.15. The summed E-state index contributed by atoms with van der Waals surface area (Å²) in [5.74, 6) is 0. The van der Waals surface area contributed by atoms with Gasteiger partial charge in [-0.2, -0.15) is 5.10 Å². The summed E-state index contributed by atoms with van der Waals surface area (Å²) in [6.07, 6.45) is 1.95. The van der Waals surface area contributed by atoms with Gasteiger partial charge in [0, 0.05) is 18.3 Å². The molecule has 0 fully saturated rings. The molecule has 0 saturated heterocycles. The number of nitrogens with two attached hydrogens (primary N) is 1. The van der Waals surface area contributed by atoms with Crippen molar-refractivity contribution < 1.29 is 0 Å². The molecule has 0 radical (unpaired) electrons. The number of aromatic nitrogens is 2. The quantitative estimate of drug-likeness (QED) is 0.864. The molecule has 1 aromatic heterocycles. The van der Waals surface area contributed by atoms with Crippen LogP contribution in [-0.4, -0.2) is 16.3 Å². The van der Waals surface area contributed by atoms with Gasteiger partial charge in [-0.25, -0.2) is 0 Å². The predicted molar refractivity (Wildman–Crippen MR) is 64.0 cm³/mol. The van der Waals surface area contributed by atoms with Crippen molar-refractivity contribution in [1.82, 2.24) is 9.78 Å². The molecule has 2 aromatic rings. The maximum Gasteiger partial charge on any atom is 0.0923 e. The topological polar surface area (TPSA) is 43.8 Å². The fraction of sp³-hybridized carbons (Fsp3) is 0.182. The van der Waals surface area contributed by atoms with Gasteiger partial charge in [-0.15, -0.1) is 12.4 Å². The Morgan fingerprint density at radius 1 is 1.13 bits per heavy atom. The molecule has 2 N–H and O–H groups in total. The highest BCUT2D eigenvalue weighted by molar-refractivity contribution is 5.85. The van der Waals surface area contributed by atoms with Gasteiger partial charge in [0.25, 0.3) is 0 Å². The molecule has 0 aliphatic rings. The van der Waals surface area contributed by atoms with E-state index in [9.17, 15) is 0 Å². The predicted octanol–water partition coefficient (Wildman–Crippen LogP) is 1.93. The van der Waals surface area contributed by atoms with Crippen LogP contribution in [0.2, 0.25) is 0 Å². The molecule has 0 unspecified atom stereocenters. The largest absolute Gasteiger partial charge is 0.329 e. The van der Waals surface area contributed by atoms with Crippen LogP contribution in [-0.2, 0) is 6.54 Å². The Morgan fingerprint density at radius 3 is 2.53 bits per heavy atom. The zero-order chi connectivity index (χ0) is 9.80. The summed E-state index contributed by atoms with van der Waals surface area (Å²) in [5, 5.41) is 4.41. The van der Waals surface area contributed by atoms with E-state index in [1.54, 1.807) is 0 Å². The molecule has 2 rings (SSSR count). The first-order valence-electron chi connectivity index (χ1n) is 4.69. The van der Waals surface area contributed by atoms with Crippen molar-refractivity contribution in [3.05, 3.63) is 42.6 Å². The SMILES string of the molecule is Cl.NCCn1ccc(-c2ccccc2)n1. The van der Waals surface area contributed by atoms with Crippen molar-refractivity contribution in [2.75, 3.05) is 6.54 Å². The average Bonchev–Trinajstić information content (AvgIpc) is 2.68. The van der Waals surface area contributed by atoms with E-state index < -0.39 is 0 Å². The van der Waals surface area contributed by atoms with Gasteiger partial charge in [-0.3, -0.25) is 4.68 Å². The van der Waals surface area contributed by atoms with Gasteiger partial charge in [0.1, 0.15) is 0 Å². The second-order valence-corrected chi connectivity index (χ2v) is 3.12. The van der Waals surface area contributed by atoms with Crippen molar-refractivity contribution in [1.29, 1.82) is 0 Å². The monoisotopic (exact) mass is 223 g/mol. The fourth-order valence-corrected chi connectivity index (χ4v) is 1.38. The van der Waals surface area contributed by atoms with E-state index in [1.165, 1.54) is 0 Å². The maximum atomic E-state index is 5.45. The van der Waals surface area contributed by atoms with E-state index in [2.05, 4.69) is 17.2 Å². The molecule has 15 heavy (non-hydrogen) atoms. The summed E-state index contributed by atoms with van der Waals surface area (Å²) in [6.45, 7) is 1.39. The summed E-state index contributed by atoms with van der Waals surface area (Å²) in [7, 11) is 0. The second-order valence-electron chi connectivity index (χ2n) is 3.12. The number of halogens is 1. The van der Waals surface area contributed by atoms with Crippen LogP contribution in [0.25, 0.3) is 11.3 Å². The third-order valence-electron chi connectivity index (χ3n) is 2.07. The lowest BCUT2D eigenvalue weighted by Crippen LogP contribution is -2.09. The summed E-state index contributed by atoms with van der Waals surface area (Å²) in [5.41, 5.74) is 7.59. The summed E-state index contributed by atoms with van der Waals surface area (Å²) < 4.78 is 1.86. The molecule has 0 bridgehead atoms. The molecule has 4 heteroatoms. The third kappa shape index (κ3) is 2.81. The third-order valence-corrected chi connectivity index (χ3v) is 2.07. The van der Waals surface area contributed by atoms with Gasteiger partial charge in [-0.05, 0) is 6.07 Å². The summed E-state index contributed by atoms with van der Waals surface area (Å²) >= 11 is 0. The number of rotatable bonds is 3. The Kier molecular flexibility index (Phi) is 4.34. The smallest absolute Gasteiger partial charge is 0.0923 e. The van der Waals surface area contributed by atoms with E-state index in [1.807, 2.05) is 35.1 Å². The van der Waals surface area contributed by atoms with E-state index in [4.69, 9.17) is 5.73 Å². The average molecular weight is 224 g/mol.